The second-order valence-corrected chi connectivity index (χ2v) is 6.30. The molecule has 1 N–H and O–H groups in total. The molecule has 1 aliphatic carbocycles. The van der Waals surface area contributed by atoms with Gasteiger partial charge in [-0.05, 0) is 33.9 Å². The SMILES string of the molecule is CCOC(=O)c1csc(NCC2(N(C)C)CCCC2)n1. The molecule has 0 bridgehead atoms. The van der Waals surface area contributed by atoms with E-state index in [4.69, 9.17) is 4.74 Å². The molecule has 1 fully saturated rings. The standard InChI is InChI=1S/C14H23N3O2S/c1-4-19-12(18)11-9-20-13(16-11)15-10-14(17(2)3)7-5-6-8-14/h9H,4-8,10H2,1-3H3,(H,15,16). The van der Waals surface area contributed by atoms with Gasteiger partial charge in [0, 0.05) is 17.5 Å². The first-order valence-corrected chi connectivity index (χ1v) is 7.99. The number of rotatable bonds is 6. The first-order valence-electron chi connectivity index (χ1n) is 7.11. The molecule has 1 heterocycles. The highest BCUT2D eigenvalue weighted by molar-refractivity contribution is 7.13. The smallest absolute Gasteiger partial charge is 0.357 e. The Balaban J connectivity index is 1.95. The van der Waals surface area contributed by atoms with Gasteiger partial charge in [-0.1, -0.05) is 12.8 Å². The largest absolute Gasteiger partial charge is 0.461 e. The van der Waals surface area contributed by atoms with Gasteiger partial charge in [0.1, 0.15) is 0 Å². The molecule has 0 spiro atoms. The second-order valence-electron chi connectivity index (χ2n) is 5.44. The number of carbonyl (C=O) groups is 1. The fourth-order valence-electron chi connectivity index (χ4n) is 2.71. The molecule has 1 aromatic rings. The number of aromatic nitrogens is 1. The molecule has 0 radical (unpaired) electrons. The summed E-state index contributed by atoms with van der Waals surface area (Å²) in [5, 5.41) is 5.92. The number of ether oxygens (including phenoxy) is 1. The van der Waals surface area contributed by atoms with Crippen molar-refractivity contribution in [1.82, 2.24) is 9.88 Å². The Hall–Kier alpha value is -1.14. The predicted octanol–water partition coefficient (Wildman–Crippen LogP) is 2.61. The molecule has 2 rings (SSSR count). The van der Waals surface area contributed by atoms with Gasteiger partial charge in [-0.25, -0.2) is 9.78 Å². The highest BCUT2D eigenvalue weighted by Crippen LogP contribution is 2.34. The molecule has 0 saturated heterocycles. The summed E-state index contributed by atoms with van der Waals surface area (Å²) in [5.41, 5.74) is 0.611. The van der Waals surface area contributed by atoms with Crippen LogP contribution < -0.4 is 5.32 Å². The number of nitrogens with zero attached hydrogens (tertiary/aromatic N) is 2. The molecule has 0 aromatic carbocycles. The molecule has 0 amide bonds. The van der Waals surface area contributed by atoms with E-state index < -0.39 is 0 Å². The van der Waals surface area contributed by atoms with Gasteiger partial charge in [-0.2, -0.15) is 0 Å². The fraction of sp³-hybridized carbons (Fsp3) is 0.714. The fourth-order valence-corrected chi connectivity index (χ4v) is 3.39. The van der Waals surface area contributed by atoms with E-state index in [0.29, 0.717) is 12.3 Å². The molecule has 0 aliphatic heterocycles. The first-order chi connectivity index (χ1) is 9.57. The Morgan fingerprint density at radius 1 is 1.50 bits per heavy atom. The average molecular weight is 297 g/mol. The van der Waals surface area contributed by atoms with Gasteiger partial charge < -0.3 is 15.0 Å². The zero-order chi connectivity index (χ0) is 14.6. The normalized spacial score (nSPS) is 17.4. The molecular weight excluding hydrogens is 274 g/mol. The van der Waals surface area contributed by atoms with Gasteiger partial charge >= 0.3 is 5.97 Å². The maximum Gasteiger partial charge on any atom is 0.357 e. The quantitative estimate of drug-likeness (QED) is 0.818. The predicted molar refractivity (Wildman–Crippen MR) is 81.4 cm³/mol. The van der Waals surface area contributed by atoms with Gasteiger partial charge in [-0.3, -0.25) is 0 Å². The van der Waals surface area contributed by atoms with E-state index in [2.05, 4.69) is 29.3 Å². The van der Waals surface area contributed by atoms with E-state index in [0.717, 1.165) is 11.7 Å². The molecule has 1 aliphatic rings. The van der Waals surface area contributed by atoms with Crippen molar-refractivity contribution in [3.05, 3.63) is 11.1 Å². The summed E-state index contributed by atoms with van der Waals surface area (Å²) >= 11 is 1.46. The van der Waals surface area contributed by atoms with E-state index in [-0.39, 0.29) is 11.5 Å². The molecule has 6 heteroatoms. The monoisotopic (exact) mass is 297 g/mol. The second kappa shape index (κ2) is 6.54. The van der Waals surface area contributed by atoms with Crippen molar-refractivity contribution in [2.24, 2.45) is 0 Å². The van der Waals surface area contributed by atoms with Crippen LogP contribution in [0.5, 0.6) is 0 Å². The van der Waals surface area contributed by atoms with Crippen molar-refractivity contribution in [3.8, 4) is 0 Å². The van der Waals surface area contributed by atoms with Crippen LogP contribution in [0, 0.1) is 0 Å². The molecule has 20 heavy (non-hydrogen) atoms. The van der Waals surface area contributed by atoms with Crippen molar-refractivity contribution < 1.29 is 9.53 Å². The maximum atomic E-state index is 11.6. The van der Waals surface area contributed by atoms with Crippen molar-refractivity contribution in [1.29, 1.82) is 0 Å². The third kappa shape index (κ3) is 3.30. The Kier molecular flexibility index (Phi) is 4.99. The minimum absolute atomic E-state index is 0.218. The number of anilines is 1. The Morgan fingerprint density at radius 2 is 2.20 bits per heavy atom. The van der Waals surface area contributed by atoms with E-state index in [9.17, 15) is 4.79 Å². The van der Waals surface area contributed by atoms with Crippen molar-refractivity contribution in [3.63, 3.8) is 0 Å². The van der Waals surface area contributed by atoms with Crippen LogP contribution in [0.15, 0.2) is 5.38 Å². The number of hydrogen-bond donors (Lipinski definition) is 1. The van der Waals surface area contributed by atoms with Crippen LogP contribution in [0.3, 0.4) is 0 Å². The zero-order valence-corrected chi connectivity index (χ0v) is 13.3. The molecule has 0 atom stereocenters. The third-order valence-electron chi connectivity index (χ3n) is 4.04. The molecule has 5 nitrogen and oxygen atoms in total. The average Bonchev–Trinajstić information content (AvgIpc) is 3.07. The molecule has 112 valence electrons. The van der Waals surface area contributed by atoms with Crippen molar-refractivity contribution >= 4 is 22.4 Å². The summed E-state index contributed by atoms with van der Waals surface area (Å²) in [6, 6.07) is 0. The highest BCUT2D eigenvalue weighted by Gasteiger charge is 2.35. The van der Waals surface area contributed by atoms with Crippen LogP contribution in [0.25, 0.3) is 0 Å². The van der Waals surface area contributed by atoms with Crippen LogP contribution in [0.4, 0.5) is 5.13 Å². The van der Waals surface area contributed by atoms with Gasteiger partial charge in [0.15, 0.2) is 10.8 Å². The minimum atomic E-state index is -0.347. The number of hydrogen-bond acceptors (Lipinski definition) is 6. The van der Waals surface area contributed by atoms with Gasteiger partial charge in [0.05, 0.1) is 6.61 Å². The first kappa shape index (κ1) is 15.3. The van der Waals surface area contributed by atoms with Crippen LogP contribution in [-0.4, -0.2) is 48.6 Å². The minimum Gasteiger partial charge on any atom is -0.461 e. The topological polar surface area (TPSA) is 54.5 Å². The number of carbonyl (C=O) groups excluding carboxylic acids is 1. The Morgan fingerprint density at radius 3 is 2.80 bits per heavy atom. The van der Waals surface area contributed by atoms with Crippen LogP contribution in [0.2, 0.25) is 0 Å². The molecule has 0 unspecified atom stereocenters. The summed E-state index contributed by atoms with van der Waals surface area (Å²) in [4.78, 5) is 18.2. The Bertz CT molecular complexity index is 453. The lowest BCUT2D eigenvalue weighted by Gasteiger charge is -2.36. The lowest BCUT2D eigenvalue weighted by molar-refractivity contribution is 0.0520. The van der Waals surface area contributed by atoms with Crippen LogP contribution in [-0.2, 0) is 4.74 Å². The lowest BCUT2D eigenvalue weighted by atomic mass is 9.96. The van der Waals surface area contributed by atoms with E-state index >= 15 is 0 Å². The summed E-state index contributed by atoms with van der Waals surface area (Å²) in [7, 11) is 4.28. The number of nitrogens with one attached hydrogen (secondary N) is 1. The van der Waals surface area contributed by atoms with Gasteiger partial charge in [-0.15, -0.1) is 11.3 Å². The van der Waals surface area contributed by atoms with E-state index in [1.807, 2.05) is 0 Å². The highest BCUT2D eigenvalue weighted by atomic mass is 32.1. The van der Waals surface area contributed by atoms with Crippen LogP contribution in [0.1, 0.15) is 43.1 Å². The summed E-state index contributed by atoms with van der Waals surface area (Å²) in [6.45, 7) is 3.04. The molecule has 1 aromatic heterocycles. The summed E-state index contributed by atoms with van der Waals surface area (Å²) in [6.07, 6.45) is 4.99. The van der Waals surface area contributed by atoms with Crippen LogP contribution >= 0.6 is 11.3 Å². The number of thiazole rings is 1. The van der Waals surface area contributed by atoms with Gasteiger partial charge in [0.2, 0.25) is 0 Å². The summed E-state index contributed by atoms with van der Waals surface area (Å²) in [5.74, 6) is -0.347. The van der Waals surface area contributed by atoms with Crippen molar-refractivity contribution in [2.75, 3.05) is 32.6 Å². The van der Waals surface area contributed by atoms with E-state index in [1.54, 1.807) is 12.3 Å². The zero-order valence-electron chi connectivity index (χ0n) is 12.4. The van der Waals surface area contributed by atoms with E-state index in [1.165, 1.54) is 37.0 Å². The lowest BCUT2D eigenvalue weighted by Crippen LogP contribution is -2.47. The molecule has 1 saturated carbocycles. The number of esters is 1. The van der Waals surface area contributed by atoms with Gasteiger partial charge in [0.25, 0.3) is 0 Å². The third-order valence-corrected chi connectivity index (χ3v) is 4.84. The maximum absolute atomic E-state index is 11.6. The van der Waals surface area contributed by atoms with Crippen molar-refractivity contribution in [2.45, 2.75) is 38.1 Å². The number of likely N-dealkylation sites (N-methyl/N-ethyl adjacent to an activating group) is 1. The Labute approximate surface area is 124 Å². The summed E-state index contributed by atoms with van der Waals surface area (Å²) < 4.78 is 4.95. The molecular formula is C14H23N3O2S.